The molecule has 5 atom stereocenters. The van der Waals surface area contributed by atoms with Gasteiger partial charge in [-0.05, 0) is 12.8 Å². The summed E-state index contributed by atoms with van der Waals surface area (Å²) in [5.41, 5.74) is 0. The number of ether oxygens (including phenoxy) is 5. The zero-order valence-corrected chi connectivity index (χ0v) is 18.8. The molecule has 0 spiro atoms. The van der Waals surface area contributed by atoms with Crippen molar-refractivity contribution in [3.63, 3.8) is 0 Å². The largest absolute Gasteiger partial charge is 0.463 e. The van der Waals surface area contributed by atoms with Gasteiger partial charge in [-0.1, -0.05) is 19.3 Å². The van der Waals surface area contributed by atoms with Crippen molar-refractivity contribution in [1.82, 2.24) is 5.32 Å². The van der Waals surface area contributed by atoms with Gasteiger partial charge in [0.25, 0.3) is 0 Å². The van der Waals surface area contributed by atoms with Crippen molar-refractivity contribution in [3.05, 3.63) is 0 Å². The van der Waals surface area contributed by atoms with Gasteiger partial charge in [-0.15, -0.1) is 0 Å². The highest BCUT2D eigenvalue weighted by atomic mass is 16.7. The van der Waals surface area contributed by atoms with Crippen LogP contribution in [-0.4, -0.2) is 67.0 Å². The lowest BCUT2D eigenvalue weighted by Gasteiger charge is -2.44. The van der Waals surface area contributed by atoms with E-state index in [9.17, 15) is 24.0 Å². The van der Waals surface area contributed by atoms with Crippen LogP contribution in [0.2, 0.25) is 0 Å². The van der Waals surface area contributed by atoms with E-state index < -0.39 is 54.5 Å². The lowest BCUT2D eigenvalue weighted by atomic mass is 9.88. The minimum atomic E-state index is -1.36. The first-order valence-electron chi connectivity index (χ1n) is 10.7. The summed E-state index contributed by atoms with van der Waals surface area (Å²) in [6.07, 6.45) is -0.648. The van der Waals surface area contributed by atoms with E-state index >= 15 is 0 Å². The van der Waals surface area contributed by atoms with Crippen LogP contribution in [0.25, 0.3) is 0 Å². The molecule has 1 saturated heterocycles. The van der Waals surface area contributed by atoms with Gasteiger partial charge in [-0.25, -0.2) is 0 Å². The normalized spacial score (nSPS) is 28.2. The van der Waals surface area contributed by atoms with Crippen molar-refractivity contribution in [1.29, 1.82) is 0 Å². The van der Waals surface area contributed by atoms with Gasteiger partial charge in [0.2, 0.25) is 12.2 Å². The third-order valence-electron chi connectivity index (χ3n) is 5.27. The molecule has 0 bridgehead atoms. The fourth-order valence-corrected chi connectivity index (χ4v) is 3.97. The van der Waals surface area contributed by atoms with Crippen LogP contribution >= 0.6 is 0 Å². The van der Waals surface area contributed by atoms with Crippen molar-refractivity contribution < 1.29 is 47.7 Å². The van der Waals surface area contributed by atoms with Crippen LogP contribution in [0.15, 0.2) is 0 Å². The number of hydrogen-bond acceptors (Lipinski definition) is 10. The van der Waals surface area contributed by atoms with Crippen molar-refractivity contribution in [3.8, 4) is 0 Å². The highest BCUT2D eigenvalue weighted by Gasteiger charge is 2.52. The molecule has 11 nitrogen and oxygen atoms in total. The molecule has 1 saturated carbocycles. The molecule has 0 aromatic carbocycles. The van der Waals surface area contributed by atoms with Crippen LogP contribution in [-0.2, 0) is 47.7 Å². The lowest BCUT2D eigenvalue weighted by molar-refractivity contribution is -0.271. The molecular formula is C21H31NO10. The maximum atomic E-state index is 12.9. The Morgan fingerprint density at radius 3 is 1.88 bits per heavy atom. The summed E-state index contributed by atoms with van der Waals surface area (Å²) in [6, 6.07) is -1.14. The SMILES string of the molecule is CC(=O)OCC1OC(OC(C)=O)C(NC(=O)C2CCCCC2)C(OC(C)=O)C1OC(C)=O. The molecule has 180 valence electrons. The summed E-state index contributed by atoms with van der Waals surface area (Å²) in [6.45, 7) is 4.29. The number of carbonyl (C=O) groups excluding carboxylic acids is 5. The maximum absolute atomic E-state index is 12.9. The minimum Gasteiger partial charge on any atom is -0.463 e. The van der Waals surface area contributed by atoms with E-state index in [0.717, 1.165) is 40.0 Å². The molecule has 0 aromatic heterocycles. The lowest BCUT2D eigenvalue weighted by Crippen LogP contribution is -2.67. The van der Waals surface area contributed by atoms with Crippen LogP contribution in [0, 0.1) is 5.92 Å². The van der Waals surface area contributed by atoms with Crippen molar-refractivity contribution in [2.75, 3.05) is 6.61 Å². The smallest absolute Gasteiger partial charge is 0.305 e. The molecule has 2 rings (SSSR count). The number of rotatable bonds is 7. The minimum absolute atomic E-state index is 0.245. The van der Waals surface area contributed by atoms with E-state index in [1.165, 1.54) is 6.92 Å². The number of hydrogen-bond donors (Lipinski definition) is 1. The zero-order valence-electron chi connectivity index (χ0n) is 18.8. The van der Waals surface area contributed by atoms with Crippen molar-refractivity contribution >= 4 is 29.8 Å². The van der Waals surface area contributed by atoms with E-state index in [2.05, 4.69) is 5.32 Å². The van der Waals surface area contributed by atoms with E-state index in [1.54, 1.807) is 0 Å². The predicted molar refractivity (Wildman–Crippen MR) is 107 cm³/mol. The molecule has 1 heterocycles. The summed E-state index contributed by atoms with van der Waals surface area (Å²) >= 11 is 0. The molecule has 1 N–H and O–H groups in total. The molecular weight excluding hydrogens is 426 g/mol. The third-order valence-corrected chi connectivity index (χ3v) is 5.27. The molecule has 1 aliphatic heterocycles. The van der Waals surface area contributed by atoms with E-state index in [4.69, 9.17) is 23.7 Å². The van der Waals surface area contributed by atoms with Gasteiger partial charge >= 0.3 is 23.9 Å². The van der Waals surface area contributed by atoms with Crippen LogP contribution in [0.3, 0.4) is 0 Å². The zero-order chi connectivity index (χ0) is 23.8. The van der Waals surface area contributed by atoms with Gasteiger partial charge in [0.1, 0.15) is 18.8 Å². The maximum Gasteiger partial charge on any atom is 0.305 e. The van der Waals surface area contributed by atoms with Gasteiger partial charge in [0.15, 0.2) is 12.2 Å². The highest BCUT2D eigenvalue weighted by molar-refractivity contribution is 5.79. The van der Waals surface area contributed by atoms with Crippen molar-refractivity contribution in [2.24, 2.45) is 5.92 Å². The quantitative estimate of drug-likeness (QED) is 0.430. The van der Waals surface area contributed by atoms with Crippen LogP contribution < -0.4 is 5.32 Å². The van der Waals surface area contributed by atoms with Crippen molar-refractivity contribution in [2.45, 2.75) is 90.4 Å². The Balaban J connectivity index is 2.37. The average molecular weight is 457 g/mol. The molecule has 0 aromatic rings. The summed E-state index contributed by atoms with van der Waals surface area (Å²) in [4.78, 5) is 59.6. The predicted octanol–water partition coefficient (Wildman–Crippen LogP) is 0.766. The molecule has 2 fully saturated rings. The number of amides is 1. The molecule has 1 aliphatic carbocycles. The van der Waals surface area contributed by atoms with E-state index in [-0.39, 0.29) is 18.4 Å². The number of esters is 4. The Bertz CT molecular complexity index is 717. The summed E-state index contributed by atoms with van der Waals surface area (Å²) < 4.78 is 26.8. The fourth-order valence-electron chi connectivity index (χ4n) is 3.97. The van der Waals surface area contributed by atoms with Gasteiger partial charge in [-0.2, -0.15) is 0 Å². The first kappa shape index (κ1) is 25.6. The molecule has 1 amide bonds. The topological polar surface area (TPSA) is 144 Å². The standard InChI is InChI=1S/C21H31NO10/c1-11(23)28-10-16-18(29-12(2)24)19(30-13(3)25)17(21(32-16)31-14(4)26)22-20(27)15-8-6-5-7-9-15/h15-19,21H,5-10H2,1-4H3,(H,22,27). The van der Waals surface area contributed by atoms with E-state index in [0.29, 0.717) is 12.8 Å². The Morgan fingerprint density at radius 1 is 0.781 bits per heavy atom. The fraction of sp³-hybridized carbons (Fsp3) is 0.762. The van der Waals surface area contributed by atoms with Crippen LogP contribution in [0.5, 0.6) is 0 Å². The average Bonchev–Trinajstić information content (AvgIpc) is 2.70. The van der Waals surface area contributed by atoms with Crippen LogP contribution in [0.1, 0.15) is 59.8 Å². The van der Waals surface area contributed by atoms with E-state index in [1.807, 2.05) is 0 Å². The molecule has 2 aliphatic rings. The third kappa shape index (κ3) is 7.47. The summed E-state index contributed by atoms with van der Waals surface area (Å²) in [5, 5.41) is 2.77. The monoisotopic (exact) mass is 457 g/mol. The first-order valence-corrected chi connectivity index (χ1v) is 10.7. The Labute approximate surface area is 186 Å². The first-order chi connectivity index (χ1) is 15.1. The molecule has 0 radical (unpaired) electrons. The summed E-state index contributed by atoms with van der Waals surface area (Å²) in [5.74, 6) is -3.27. The Hall–Kier alpha value is -2.69. The Kier molecular flexibility index (Phi) is 9.42. The molecule has 5 unspecified atom stereocenters. The van der Waals surface area contributed by atoms with Gasteiger partial charge in [0, 0.05) is 33.6 Å². The second-order valence-electron chi connectivity index (χ2n) is 7.97. The second kappa shape index (κ2) is 11.8. The van der Waals surface area contributed by atoms with Crippen LogP contribution in [0.4, 0.5) is 0 Å². The summed E-state index contributed by atoms with van der Waals surface area (Å²) in [7, 11) is 0. The van der Waals surface area contributed by atoms with Gasteiger partial charge in [0.05, 0.1) is 0 Å². The number of nitrogens with one attached hydrogen (secondary N) is 1. The number of carbonyl (C=O) groups is 5. The molecule has 32 heavy (non-hydrogen) atoms. The molecule has 11 heteroatoms. The Morgan fingerprint density at radius 2 is 1.34 bits per heavy atom. The van der Waals surface area contributed by atoms with Gasteiger partial charge in [-0.3, -0.25) is 24.0 Å². The second-order valence-corrected chi connectivity index (χ2v) is 7.97. The van der Waals surface area contributed by atoms with Gasteiger partial charge < -0.3 is 29.0 Å². The highest BCUT2D eigenvalue weighted by Crippen LogP contribution is 2.29.